The molecule has 0 saturated carbocycles. The van der Waals surface area contributed by atoms with Gasteiger partial charge >= 0.3 is 0 Å². The number of rotatable bonds is 6. The van der Waals surface area contributed by atoms with Crippen molar-refractivity contribution in [2.45, 2.75) is 20.0 Å². The number of carbonyl (C=O) groups is 1. The zero-order chi connectivity index (χ0) is 24.5. The van der Waals surface area contributed by atoms with Crippen molar-refractivity contribution >= 4 is 22.5 Å². The van der Waals surface area contributed by atoms with E-state index in [4.69, 9.17) is 16.2 Å². The van der Waals surface area contributed by atoms with Gasteiger partial charge in [-0.15, -0.1) is 0 Å². The molecule has 0 saturated heterocycles. The minimum atomic E-state index is -0.732. The van der Waals surface area contributed by atoms with Gasteiger partial charge in [-0.25, -0.2) is 19.9 Å². The van der Waals surface area contributed by atoms with Crippen molar-refractivity contribution in [3.8, 4) is 28.4 Å². The Kier molecular flexibility index (Phi) is 5.54. The maximum Gasteiger partial charge on any atom is 0.269 e. The largest absolute Gasteiger partial charge is 0.466 e. The number of nitrogens with two attached hydrogens (primary N) is 2. The molecule has 10 heteroatoms. The number of anilines is 1. The number of aryl methyl sites for hydroxylation is 1. The second kappa shape index (κ2) is 8.82. The lowest BCUT2D eigenvalue weighted by Gasteiger charge is -2.16. The van der Waals surface area contributed by atoms with E-state index in [1.54, 1.807) is 48.9 Å². The normalized spacial score (nSPS) is 11.9. The lowest BCUT2D eigenvalue weighted by atomic mass is 9.94. The molecule has 0 aliphatic carbocycles. The number of nitrogens with one attached hydrogen (secondary N) is 1. The topological polar surface area (TPSA) is 159 Å². The average Bonchev–Trinajstić information content (AvgIpc) is 3.34. The van der Waals surface area contributed by atoms with E-state index in [9.17, 15) is 4.79 Å². The molecule has 0 bridgehead atoms. The Morgan fingerprint density at radius 2 is 1.86 bits per heavy atom. The van der Waals surface area contributed by atoms with E-state index in [0.717, 1.165) is 22.0 Å². The van der Waals surface area contributed by atoms with Crippen LogP contribution in [0.1, 0.15) is 34.9 Å². The van der Waals surface area contributed by atoms with E-state index in [-0.39, 0.29) is 11.4 Å². The van der Waals surface area contributed by atoms with Gasteiger partial charge in [0.15, 0.2) is 17.6 Å². The van der Waals surface area contributed by atoms with Crippen LogP contribution >= 0.6 is 0 Å². The number of nitrogens with zero attached hydrogens (tertiary/aromatic N) is 5. The number of aromatic nitrogens is 6. The SMILES string of the molecule is Cc1ccc2[nH]ncc2c1-c1cc(-c2cccc(O[C@@H](C)c3ncccn3)n2)nc(C(N)=O)c1N. The minimum absolute atomic E-state index is 0.0310. The fraction of sp³-hybridized carbons (Fsp3) is 0.120. The number of nitrogen functional groups attached to an aromatic ring is 1. The third-order valence-electron chi connectivity index (χ3n) is 5.63. The first-order valence-corrected chi connectivity index (χ1v) is 10.9. The van der Waals surface area contributed by atoms with Gasteiger partial charge in [0.1, 0.15) is 0 Å². The standard InChI is InChI=1S/C25H22N8O2/c1-13-7-8-17-16(12-30-33-17)21(13)15-11-19(32-23(22(15)26)24(27)34)18-5-3-6-20(31-18)35-14(2)25-28-9-4-10-29-25/h3-12,14H,26H2,1-2H3,(H2,27,34)(H,30,33)/t14-/m0/s1. The van der Waals surface area contributed by atoms with Crippen LogP contribution in [0.2, 0.25) is 0 Å². The van der Waals surface area contributed by atoms with Crippen molar-refractivity contribution in [2.24, 2.45) is 5.73 Å². The number of amides is 1. The number of pyridine rings is 2. The number of hydrogen-bond donors (Lipinski definition) is 3. The minimum Gasteiger partial charge on any atom is -0.466 e. The predicted octanol–water partition coefficient (Wildman–Crippen LogP) is 3.61. The van der Waals surface area contributed by atoms with Gasteiger partial charge in [-0.1, -0.05) is 12.1 Å². The van der Waals surface area contributed by atoms with Crippen molar-refractivity contribution in [3.05, 3.63) is 78.1 Å². The van der Waals surface area contributed by atoms with Crippen LogP contribution in [0.4, 0.5) is 5.69 Å². The van der Waals surface area contributed by atoms with E-state index >= 15 is 0 Å². The molecular formula is C25H22N8O2. The molecule has 1 amide bonds. The third-order valence-corrected chi connectivity index (χ3v) is 5.63. The van der Waals surface area contributed by atoms with E-state index < -0.39 is 12.0 Å². The Morgan fingerprint density at radius 3 is 2.63 bits per heavy atom. The van der Waals surface area contributed by atoms with Crippen molar-refractivity contribution in [1.82, 2.24) is 30.1 Å². The highest BCUT2D eigenvalue weighted by molar-refractivity contribution is 6.05. The second-order valence-electron chi connectivity index (χ2n) is 8.00. The number of benzene rings is 1. The Hall–Kier alpha value is -4.86. The lowest BCUT2D eigenvalue weighted by Crippen LogP contribution is -2.17. The van der Waals surface area contributed by atoms with Crippen LogP contribution in [0.5, 0.6) is 5.88 Å². The summed E-state index contributed by atoms with van der Waals surface area (Å²) in [6.45, 7) is 3.80. The van der Waals surface area contributed by atoms with Crippen molar-refractivity contribution < 1.29 is 9.53 Å². The molecule has 0 aliphatic rings. The molecule has 1 aromatic carbocycles. The molecule has 35 heavy (non-hydrogen) atoms. The van der Waals surface area contributed by atoms with E-state index in [1.165, 1.54) is 0 Å². The number of H-pyrrole nitrogens is 1. The molecule has 0 radical (unpaired) electrons. The quantitative estimate of drug-likeness (QED) is 0.342. The first-order valence-electron chi connectivity index (χ1n) is 10.9. The molecule has 0 unspecified atom stereocenters. The molecule has 5 rings (SSSR count). The van der Waals surface area contributed by atoms with Crippen LogP contribution < -0.4 is 16.2 Å². The molecule has 174 valence electrons. The van der Waals surface area contributed by atoms with Crippen molar-refractivity contribution in [2.75, 3.05) is 5.73 Å². The Balaban J connectivity index is 1.62. The summed E-state index contributed by atoms with van der Waals surface area (Å²) >= 11 is 0. The summed E-state index contributed by atoms with van der Waals surface area (Å²) in [7, 11) is 0. The number of hydrogen-bond acceptors (Lipinski definition) is 8. The average molecular weight is 467 g/mol. The van der Waals surface area contributed by atoms with Crippen LogP contribution in [0.3, 0.4) is 0 Å². The number of fused-ring (bicyclic) bond motifs is 1. The van der Waals surface area contributed by atoms with Crippen LogP contribution in [0.25, 0.3) is 33.4 Å². The summed E-state index contributed by atoms with van der Waals surface area (Å²) < 4.78 is 5.95. The van der Waals surface area contributed by atoms with Crippen LogP contribution in [0, 0.1) is 6.92 Å². The van der Waals surface area contributed by atoms with Gasteiger partial charge in [0.25, 0.3) is 5.91 Å². The smallest absolute Gasteiger partial charge is 0.269 e. The molecule has 4 heterocycles. The maximum atomic E-state index is 12.3. The summed E-state index contributed by atoms with van der Waals surface area (Å²) in [6.07, 6.45) is 4.61. The molecule has 0 aliphatic heterocycles. The van der Waals surface area contributed by atoms with Crippen molar-refractivity contribution in [1.29, 1.82) is 0 Å². The number of ether oxygens (including phenoxy) is 1. The highest BCUT2D eigenvalue weighted by Crippen LogP contribution is 2.38. The number of aromatic amines is 1. The highest BCUT2D eigenvalue weighted by Gasteiger charge is 2.21. The lowest BCUT2D eigenvalue weighted by molar-refractivity contribution is 0.0996. The monoisotopic (exact) mass is 466 g/mol. The number of carbonyl (C=O) groups excluding carboxylic acids is 1. The maximum absolute atomic E-state index is 12.3. The van der Waals surface area contributed by atoms with Gasteiger partial charge in [-0.2, -0.15) is 5.10 Å². The molecule has 0 fully saturated rings. The molecular weight excluding hydrogens is 444 g/mol. The van der Waals surface area contributed by atoms with Gasteiger partial charge in [0.2, 0.25) is 5.88 Å². The van der Waals surface area contributed by atoms with Gasteiger partial charge in [0, 0.05) is 29.4 Å². The fourth-order valence-electron chi connectivity index (χ4n) is 3.94. The zero-order valence-corrected chi connectivity index (χ0v) is 19.1. The molecule has 1 atom stereocenters. The molecule has 5 aromatic rings. The van der Waals surface area contributed by atoms with Gasteiger partial charge in [0.05, 0.1) is 28.8 Å². The molecule has 0 spiro atoms. The van der Waals surface area contributed by atoms with E-state index in [0.29, 0.717) is 28.7 Å². The summed E-state index contributed by atoms with van der Waals surface area (Å²) in [6, 6.07) is 12.7. The van der Waals surface area contributed by atoms with E-state index in [2.05, 4.69) is 30.1 Å². The molecule has 4 aromatic heterocycles. The third kappa shape index (κ3) is 4.12. The summed E-state index contributed by atoms with van der Waals surface area (Å²) in [5, 5.41) is 7.98. The van der Waals surface area contributed by atoms with Gasteiger partial charge in [-0.05, 0) is 49.2 Å². The predicted molar refractivity (Wildman–Crippen MR) is 131 cm³/mol. The van der Waals surface area contributed by atoms with Gasteiger partial charge < -0.3 is 16.2 Å². The Morgan fingerprint density at radius 1 is 1.06 bits per heavy atom. The van der Waals surface area contributed by atoms with E-state index in [1.807, 2.05) is 26.0 Å². The first kappa shape index (κ1) is 22.0. The molecule has 10 nitrogen and oxygen atoms in total. The van der Waals surface area contributed by atoms with Crippen molar-refractivity contribution in [3.63, 3.8) is 0 Å². The Labute approximate surface area is 200 Å². The second-order valence-corrected chi connectivity index (χ2v) is 8.00. The molecule has 5 N–H and O–H groups in total. The zero-order valence-electron chi connectivity index (χ0n) is 19.1. The highest BCUT2D eigenvalue weighted by atomic mass is 16.5. The Bertz CT molecular complexity index is 1550. The fourth-order valence-corrected chi connectivity index (χ4v) is 3.94. The van der Waals surface area contributed by atoms with Crippen LogP contribution in [-0.2, 0) is 0 Å². The summed E-state index contributed by atoms with van der Waals surface area (Å²) in [5.41, 5.74) is 16.4. The van der Waals surface area contributed by atoms with Crippen LogP contribution in [0.15, 0.2) is 61.1 Å². The summed E-state index contributed by atoms with van der Waals surface area (Å²) in [5.74, 6) is 0.161. The van der Waals surface area contributed by atoms with Crippen LogP contribution in [-0.4, -0.2) is 36.0 Å². The first-order chi connectivity index (χ1) is 16.9. The summed E-state index contributed by atoms with van der Waals surface area (Å²) in [4.78, 5) is 29.7. The van der Waals surface area contributed by atoms with Gasteiger partial charge in [-0.3, -0.25) is 9.89 Å². The number of primary amides is 1.